The summed E-state index contributed by atoms with van der Waals surface area (Å²) in [5.74, 6) is -1.04. The molecule has 1 amide bonds. The van der Waals surface area contributed by atoms with Gasteiger partial charge in [-0.15, -0.1) is 0 Å². The number of aryl methyl sites for hydroxylation is 1. The van der Waals surface area contributed by atoms with Crippen LogP contribution < -0.4 is 10.0 Å². The number of benzene rings is 2. The number of nitrogens with one attached hydrogen (secondary N) is 2. The van der Waals surface area contributed by atoms with Crippen LogP contribution in [0.1, 0.15) is 35.7 Å². The summed E-state index contributed by atoms with van der Waals surface area (Å²) in [6.45, 7) is 3.37. The largest absolute Gasteiger partial charge is 0.449 e. The molecule has 148 valence electrons. The number of rotatable bonds is 7. The number of amides is 1. The van der Waals surface area contributed by atoms with Gasteiger partial charge in [-0.1, -0.05) is 23.8 Å². The van der Waals surface area contributed by atoms with Crippen molar-refractivity contribution in [2.45, 2.75) is 43.7 Å². The molecule has 0 radical (unpaired) electrons. The van der Waals surface area contributed by atoms with Gasteiger partial charge in [0.15, 0.2) is 6.10 Å². The molecule has 2 aromatic rings. The van der Waals surface area contributed by atoms with Gasteiger partial charge in [0.1, 0.15) is 0 Å². The molecular formula is C20H22N2O5S. The van der Waals surface area contributed by atoms with Crippen LogP contribution >= 0.6 is 0 Å². The average molecular weight is 402 g/mol. The van der Waals surface area contributed by atoms with Crippen LogP contribution in [0, 0.1) is 6.92 Å². The third-order valence-electron chi connectivity index (χ3n) is 4.26. The van der Waals surface area contributed by atoms with Gasteiger partial charge in [0.2, 0.25) is 0 Å². The summed E-state index contributed by atoms with van der Waals surface area (Å²) in [4.78, 5) is 24.3. The Labute approximate surface area is 164 Å². The summed E-state index contributed by atoms with van der Waals surface area (Å²) >= 11 is 0. The lowest BCUT2D eigenvalue weighted by molar-refractivity contribution is -0.129. The molecule has 0 unspecified atom stereocenters. The molecular weight excluding hydrogens is 380 g/mol. The van der Waals surface area contributed by atoms with E-state index >= 15 is 0 Å². The zero-order valence-electron chi connectivity index (χ0n) is 15.6. The topological polar surface area (TPSA) is 102 Å². The van der Waals surface area contributed by atoms with E-state index in [1.807, 2.05) is 6.92 Å². The summed E-state index contributed by atoms with van der Waals surface area (Å²) in [6, 6.07) is 12.5. The molecule has 7 nitrogen and oxygen atoms in total. The van der Waals surface area contributed by atoms with Crippen LogP contribution in [0.5, 0.6) is 0 Å². The van der Waals surface area contributed by atoms with E-state index in [1.165, 1.54) is 37.3 Å². The Morgan fingerprint density at radius 2 is 1.79 bits per heavy atom. The second kappa shape index (κ2) is 8.02. The lowest BCUT2D eigenvalue weighted by Gasteiger charge is -2.14. The molecule has 1 aliphatic carbocycles. The molecule has 8 heteroatoms. The summed E-state index contributed by atoms with van der Waals surface area (Å²) in [5, 5.41) is 2.77. The number of hydrogen-bond donors (Lipinski definition) is 2. The summed E-state index contributed by atoms with van der Waals surface area (Å²) < 4.78 is 32.6. The summed E-state index contributed by atoms with van der Waals surface area (Å²) in [7, 11) is -3.78. The van der Waals surface area contributed by atoms with Crippen LogP contribution in [0.15, 0.2) is 53.4 Å². The van der Waals surface area contributed by atoms with Gasteiger partial charge in [0, 0.05) is 11.7 Å². The molecule has 3 rings (SSSR count). The van der Waals surface area contributed by atoms with Crippen molar-refractivity contribution < 1.29 is 22.7 Å². The molecule has 2 N–H and O–H groups in total. The van der Waals surface area contributed by atoms with Crippen molar-refractivity contribution in [2.75, 3.05) is 4.72 Å². The maximum atomic E-state index is 12.5. The van der Waals surface area contributed by atoms with Gasteiger partial charge < -0.3 is 10.1 Å². The number of esters is 1. The fourth-order valence-corrected chi connectivity index (χ4v) is 3.52. The minimum Gasteiger partial charge on any atom is -0.449 e. The first-order valence-corrected chi connectivity index (χ1v) is 10.4. The summed E-state index contributed by atoms with van der Waals surface area (Å²) in [6.07, 6.45) is 0.950. The second-order valence-electron chi connectivity index (χ2n) is 6.83. The molecule has 28 heavy (non-hydrogen) atoms. The first kappa shape index (κ1) is 19.9. The molecule has 1 saturated carbocycles. The number of anilines is 1. The van der Waals surface area contributed by atoms with E-state index in [0.29, 0.717) is 0 Å². The van der Waals surface area contributed by atoms with E-state index in [0.717, 1.165) is 18.4 Å². The predicted octanol–water partition coefficient (Wildman–Crippen LogP) is 2.62. The quantitative estimate of drug-likeness (QED) is 0.693. The molecule has 2 aromatic carbocycles. The van der Waals surface area contributed by atoms with E-state index in [2.05, 4.69) is 10.0 Å². The van der Waals surface area contributed by atoms with Gasteiger partial charge >= 0.3 is 5.97 Å². The average Bonchev–Trinajstić information content (AvgIpc) is 3.45. The normalized spacial score (nSPS) is 14.8. The smallest absolute Gasteiger partial charge is 0.338 e. The van der Waals surface area contributed by atoms with Crippen LogP contribution in [0.2, 0.25) is 0 Å². The predicted molar refractivity (Wildman–Crippen MR) is 104 cm³/mol. The first-order valence-electron chi connectivity index (χ1n) is 8.95. The van der Waals surface area contributed by atoms with Crippen molar-refractivity contribution >= 4 is 27.6 Å². The minimum atomic E-state index is -3.78. The maximum absolute atomic E-state index is 12.5. The minimum absolute atomic E-state index is 0.122. The van der Waals surface area contributed by atoms with Crippen molar-refractivity contribution in [3.05, 3.63) is 59.7 Å². The van der Waals surface area contributed by atoms with Gasteiger partial charge in [0.05, 0.1) is 10.5 Å². The van der Waals surface area contributed by atoms with Gasteiger partial charge in [0.25, 0.3) is 15.9 Å². The molecule has 0 bridgehead atoms. The van der Waals surface area contributed by atoms with Gasteiger partial charge in [-0.3, -0.25) is 9.52 Å². The molecule has 0 aliphatic heterocycles. The fraction of sp³-hybridized carbons (Fsp3) is 0.300. The van der Waals surface area contributed by atoms with Crippen LogP contribution in [0.3, 0.4) is 0 Å². The Hall–Kier alpha value is -2.87. The summed E-state index contributed by atoms with van der Waals surface area (Å²) in [5.41, 5.74) is 1.32. The molecule has 0 aromatic heterocycles. The van der Waals surface area contributed by atoms with E-state index in [9.17, 15) is 18.0 Å². The molecule has 1 atom stereocenters. The Balaban J connectivity index is 1.68. The highest BCUT2D eigenvalue weighted by Crippen LogP contribution is 2.20. The maximum Gasteiger partial charge on any atom is 0.338 e. The zero-order chi connectivity index (χ0) is 20.3. The third kappa shape index (κ3) is 5.10. The van der Waals surface area contributed by atoms with Gasteiger partial charge in [-0.05, 0) is 57.0 Å². The Bertz CT molecular complexity index is 982. The third-order valence-corrected chi connectivity index (χ3v) is 5.66. The highest BCUT2D eigenvalue weighted by atomic mass is 32.2. The molecule has 1 aliphatic rings. The van der Waals surface area contributed by atoms with Crippen molar-refractivity contribution in [3.8, 4) is 0 Å². The SMILES string of the molecule is Cc1ccc(S(=O)(=O)Nc2cccc(C(=O)O[C@@H](C)C(=O)NC3CC3)c2)cc1. The van der Waals surface area contributed by atoms with Crippen molar-refractivity contribution in [3.63, 3.8) is 0 Å². The number of ether oxygens (including phenoxy) is 1. The van der Waals surface area contributed by atoms with Gasteiger partial charge in [-0.25, -0.2) is 13.2 Å². The fourth-order valence-electron chi connectivity index (χ4n) is 2.47. The van der Waals surface area contributed by atoms with Crippen molar-refractivity contribution in [1.29, 1.82) is 0 Å². The number of carbonyl (C=O) groups is 2. The highest BCUT2D eigenvalue weighted by Gasteiger charge is 2.27. The molecule has 0 heterocycles. The Morgan fingerprint density at radius 3 is 2.43 bits per heavy atom. The van der Waals surface area contributed by atoms with Crippen LogP contribution in [0.25, 0.3) is 0 Å². The second-order valence-corrected chi connectivity index (χ2v) is 8.51. The van der Waals surface area contributed by atoms with Crippen LogP contribution in [0.4, 0.5) is 5.69 Å². The monoisotopic (exact) mass is 402 g/mol. The molecule has 0 saturated heterocycles. The number of hydrogen-bond acceptors (Lipinski definition) is 5. The Kier molecular flexibility index (Phi) is 5.69. The van der Waals surface area contributed by atoms with E-state index in [4.69, 9.17) is 4.74 Å². The van der Waals surface area contributed by atoms with E-state index < -0.39 is 22.1 Å². The van der Waals surface area contributed by atoms with Crippen molar-refractivity contribution in [2.24, 2.45) is 0 Å². The van der Waals surface area contributed by atoms with E-state index in [1.54, 1.807) is 18.2 Å². The van der Waals surface area contributed by atoms with Gasteiger partial charge in [-0.2, -0.15) is 0 Å². The number of sulfonamides is 1. The van der Waals surface area contributed by atoms with Crippen LogP contribution in [-0.2, 0) is 19.6 Å². The lowest BCUT2D eigenvalue weighted by Crippen LogP contribution is -2.37. The molecule has 0 spiro atoms. The Morgan fingerprint density at radius 1 is 1.11 bits per heavy atom. The van der Waals surface area contributed by atoms with E-state index in [-0.39, 0.29) is 28.1 Å². The molecule has 1 fully saturated rings. The van der Waals surface area contributed by atoms with Crippen LogP contribution in [-0.4, -0.2) is 32.4 Å². The first-order chi connectivity index (χ1) is 13.2. The lowest BCUT2D eigenvalue weighted by atomic mass is 10.2. The zero-order valence-corrected chi connectivity index (χ0v) is 16.5. The number of carbonyl (C=O) groups excluding carboxylic acids is 2. The standard InChI is InChI=1S/C20H22N2O5S/c1-13-6-10-18(11-7-13)28(25,26)22-17-5-3-4-15(12-17)20(24)27-14(2)19(23)21-16-8-9-16/h3-7,10-12,14,16,22H,8-9H2,1-2H3,(H,21,23)/t14-/m0/s1. The highest BCUT2D eigenvalue weighted by molar-refractivity contribution is 7.92. The van der Waals surface area contributed by atoms with Crippen molar-refractivity contribution in [1.82, 2.24) is 5.32 Å².